The summed E-state index contributed by atoms with van der Waals surface area (Å²) in [7, 11) is 0. The quantitative estimate of drug-likeness (QED) is 0.786. The van der Waals surface area contributed by atoms with Gasteiger partial charge in [-0.2, -0.15) is 0 Å². The summed E-state index contributed by atoms with van der Waals surface area (Å²) in [5.41, 5.74) is 2.47. The first-order valence-corrected chi connectivity index (χ1v) is 8.69. The number of carbonyl (C=O) groups is 2. The van der Waals surface area contributed by atoms with Crippen molar-refractivity contribution in [3.63, 3.8) is 0 Å². The maximum absolute atomic E-state index is 12.4. The van der Waals surface area contributed by atoms with E-state index in [9.17, 15) is 9.59 Å². The first-order chi connectivity index (χ1) is 12.7. The van der Waals surface area contributed by atoms with E-state index in [2.05, 4.69) is 27.1 Å². The monoisotopic (exact) mass is 350 g/mol. The minimum Gasteiger partial charge on any atom is -0.372 e. The second kappa shape index (κ2) is 8.29. The summed E-state index contributed by atoms with van der Waals surface area (Å²) >= 11 is 0. The fourth-order valence-electron chi connectivity index (χ4n) is 2.89. The Bertz CT molecular complexity index is 796. The molecule has 3 rings (SSSR count). The lowest BCUT2D eigenvalue weighted by atomic mass is 10.2. The topological polar surface area (TPSA) is 74.3 Å². The van der Waals surface area contributed by atoms with Gasteiger partial charge in [-0.15, -0.1) is 6.58 Å². The van der Waals surface area contributed by atoms with Crippen molar-refractivity contribution >= 4 is 23.2 Å². The number of nitrogens with zero attached hydrogens (tertiary/aromatic N) is 2. The predicted molar refractivity (Wildman–Crippen MR) is 103 cm³/mol. The van der Waals surface area contributed by atoms with Crippen molar-refractivity contribution in [2.24, 2.45) is 0 Å². The first-order valence-electron chi connectivity index (χ1n) is 8.69. The van der Waals surface area contributed by atoms with Crippen LogP contribution in [-0.2, 0) is 0 Å². The zero-order chi connectivity index (χ0) is 18.4. The first kappa shape index (κ1) is 17.7. The number of hydrogen-bond donors (Lipinski definition) is 2. The van der Waals surface area contributed by atoms with Gasteiger partial charge < -0.3 is 15.5 Å². The zero-order valence-electron chi connectivity index (χ0n) is 14.6. The summed E-state index contributed by atoms with van der Waals surface area (Å²) in [6, 6.07) is 10.9. The van der Waals surface area contributed by atoms with Gasteiger partial charge in [-0.3, -0.25) is 14.6 Å². The smallest absolute Gasteiger partial charge is 0.270 e. The maximum atomic E-state index is 12.4. The molecule has 1 aliphatic heterocycles. The van der Waals surface area contributed by atoms with E-state index in [1.54, 1.807) is 12.1 Å². The molecule has 6 nitrogen and oxygen atoms in total. The Morgan fingerprint density at radius 3 is 2.54 bits per heavy atom. The summed E-state index contributed by atoms with van der Waals surface area (Å²) in [5.74, 6) is -0.617. The molecule has 26 heavy (non-hydrogen) atoms. The molecule has 1 fully saturated rings. The van der Waals surface area contributed by atoms with Gasteiger partial charge in [0.25, 0.3) is 11.8 Å². The van der Waals surface area contributed by atoms with Crippen molar-refractivity contribution in [2.45, 2.75) is 12.8 Å². The van der Waals surface area contributed by atoms with Gasteiger partial charge in [0.2, 0.25) is 0 Å². The van der Waals surface area contributed by atoms with Crippen LogP contribution in [0.1, 0.15) is 33.7 Å². The van der Waals surface area contributed by atoms with Crippen molar-refractivity contribution in [1.82, 2.24) is 10.3 Å². The van der Waals surface area contributed by atoms with Crippen LogP contribution in [0.25, 0.3) is 0 Å². The molecule has 2 N–H and O–H groups in total. The van der Waals surface area contributed by atoms with E-state index < -0.39 is 0 Å². The number of hydrogen-bond acceptors (Lipinski definition) is 4. The fourth-order valence-corrected chi connectivity index (χ4v) is 2.89. The summed E-state index contributed by atoms with van der Waals surface area (Å²) in [4.78, 5) is 30.7. The number of amides is 2. The van der Waals surface area contributed by atoms with Crippen LogP contribution >= 0.6 is 0 Å². The number of nitrogens with one attached hydrogen (secondary N) is 2. The Morgan fingerprint density at radius 2 is 1.85 bits per heavy atom. The van der Waals surface area contributed by atoms with Crippen molar-refractivity contribution in [2.75, 3.05) is 29.9 Å². The largest absolute Gasteiger partial charge is 0.372 e. The Morgan fingerprint density at radius 1 is 1.12 bits per heavy atom. The number of rotatable bonds is 6. The molecule has 0 spiro atoms. The van der Waals surface area contributed by atoms with Crippen LogP contribution in [0.5, 0.6) is 0 Å². The van der Waals surface area contributed by atoms with Gasteiger partial charge in [-0.05, 0) is 49.2 Å². The highest BCUT2D eigenvalue weighted by Gasteiger charge is 2.13. The second-order valence-electron chi connectivity index (χ2n) is 6.12. The van der Waals surface area contributed by atoms with E-state index in [1.807, 2.05) is 24.3 Å². The lowest BCUT2D eigenvalue weighted by Gasteiger charge is -2.17. The Hall–Kier alpha value is -3.15. The minimum absolute atomic E-state index is 0.198. The molecule has 0 atom stereocenters. The molecule has 2 amide bonds. The summed E-state index contributed by atoms with van der Waals surface area (Å²) < 4.78 is 0. The van der Waals surface area contributed by atoms with E-state index in [-0.39, 0.29) is 17.5 Å². The normalized spacial score (nSPS) is 13.3. The summed E-state index contributed by atoms with van der Waals surface area (Å²) in [5, 5.41) is 5.49. The highest BCUT2D eigenvalue weighted by atomic mass is 16.2. The van der Waals surface area contributed by atoms with E-state index >= 15 is 0 Å². The van der Waals surface area contributed by atoms with Crippen LogP contribution in [-0.4, -0.2) is 36.4 Å². The molecule has 0 bridgehead atoms. The van der Waals surface area contributed by atoms with Crippen LogP contribution in [0.3, 0.4) is 0 Å². The van der Waals surface area contributed by atoms with Crippen molar-refractivity contribution in [3.05, 3.63) is 66.5 Å². The van der Waals surface area contributed by atoms with Crippen molar-refractivity contribution < 1.29 is 9.59 Å². The molecule has 6 heteroatoms. The van der Waals surface area contributed by atoms with E-state index in [0.717, 1.165) is 13.1 Å². The van der Waals surface area contributed by atoms with E-state index in [4.69, 9.17) is 0 Å². The van der Waals surface area contributed by atoms with E-state index in [0.29, 0.717) is 17.8 Å². The molecular weight excluding hydrogens is 328 g/mol. The number of carbonyl (C=O) groups excluding carboxylic acids is 2. The number of aromatic nitrogens is 1. The zero-order valence-corrected chi connectivity index (χ0v) is 14.6. The van der Waals surface area contributed by atoms with Crippen LogP contribution < -0.4 is 15.5 Å². The summed E-state index contributed by atoms with van der Waals surface area (Å²) in [6.45, 7) is 6.06. The van der Waals surface area contributed by atoms with Crippen LogP contribution in [0.15, 0.2) is 55.3 Å². The Labute approximate surface area is 152 Å². The maximum Gasteiger partial charge on any atom is 0.270 e. The molecule has 0 radical (unpaired) electrons. The number of pyridine rings is 1. The van der Waals surface area contributed by atoms with Gasteiger partial charge in [0.15, 0.2) is 0 Å². The van der Waals surface area contributed by atoms with E-state index in [1.165, 1.54) is 30.8 Å². The molecule has 1 saturated heterocycles. The SMILES string of the molecule is C=CCNC(=O)c1cc(C(=O)Nc2ccc(N3CCCC3)cc2)ccn1. The summed E-state index contributed by atoms with van der Waals surface area (Å²) in [6.07, 6.45) is 5.49. The fraction of sp³-hybridized carbons (Fsp3) is 0.250. The molecule has 1 aliphatic rings. The third-order valence-corrected chi connectivity index (χ3v) is 4.26. The Balaban J connectivity index is 1.65. The Kier molecular flexibility index (Phi) is 5.63. The van der Waals surface area contributed by atoms with Gasteiger partial charge in [0.1, 0.15) is 5.69 Å². The molecule has 1 aromatic carbocycles. The third-order valence-electron chi connectivity index (χ3n) is 4.26. The van der Waals surface area contributed by atoms with Gasteiger partial charge in [-0.1, -0.05) is 6.08 Å². The lowest BCUT2D eigenvalue weighted by Crippen LogP contribution is -2.24. The second-order valence-corrected chi connectivity index (χ2v) is 6.12. The minimum atomic E-state index is -0.338. The number of benzene rings is 1. The van der Waals surface area contributed by atoms with Gasteiger partial charge in [0.05, 0.1) is 0 Å². The molecular formula is C20H22N4O2. The molecule has 0 unspecified atom stereocenters. The van der Waals surface area contributed by atoms with Crippen LogP contribution in [0, 0.1) is 0 Å². The van der Waals surface area contributed by atoms with Crippen LogP contribution in [0.2, 0.25) is 0 Å². The third kappa shape index (κ3) is 4.27. The van der Waals surface area contributed by atoms with Gasteiger partial charge in [-0.25, -0.2) is 0 Å². The standard InChI is InChI=1S/C20H22N4O2/c1-2-10-22-20(26)18-14-15(9-11-21-18)19(25)23-16-5-7-17(8-6-16)24-12-3-4-13-24/h2,5-9,11,14H,1,3-4,10,12-13H2,(H,22,26)(H,23,25). The highest BCUT2D eigenvalue weighted by Crippen LogP contribution is 2.22. The average molecular weight is 350 g/mol. The molecule has 2 heterocycles. The molecule has 2 aromatic rings. The average Bonchev–Trinajstić information content (AvgIpc) is 3.21. The van der Waals surface area contributed by atoms with Gasteiger partial charge >= 0.3 is 0 Å². The lowest BCUT2D eigenvalue weighted by molar-refractivity contribution is 0.0953. The molecule has 1 aromatic heterocycles. The van der Waals surface area contributed by atoms with Crippen molar-refractivity contribution in [1.29, 1.82) is 0 Å². The van der Waals surface area contributed by atoms with Crippen LogP contribution in [0.4, 0.5) is 11.4 Å². The number of anilines is 2. The van der Waals surface area contributed by atoms with Crippen molar-refractivity contribution in [3.8, 4) is 0 Å². The van der Waals surface area contributed by atoms with Gasteiger partial charge in [0, 0.05) is 42.8 Å². The molecule has 0 aliphatic carbocycles. The molecule has 0 saturated carbocycles. The predicted octanol–water partition coefficient (Wildman–Crippen LogP) is 2.85. The highest BCUT2D eigenvalue weighted by molar-refractivity contribution is 6.05. The molecule has 134 valence electrons.